The first-order chi connectivity index (χ1) is 8.04. The van der Waals surface area contributed by atoms with Gasteiger partial charge in [-0.25, -0.2) is 0 Å². The minimum atomic E-state index is -0.769. The van der Waals surface area contributed by atoms with Crippen LogP contribution in [0.15, 0.2) is 12.3 Å². The van der Waals surface area contributed by atoms with Crippen LogP contribution in [0.2, 0.25) is 0 Å². The van der Waals surface area contributed by atoms with Crippen molar-refractivity contribution in [3.05, 3.63) is 12.3 Å². The van der Waals surface area contributed by atoms with E-state index in [1.54, 1.807) is 0 Å². The maximum atomic E-state index is 10.9. The van der Waals surface area contributed by atoms with Crippen LogP contribution in [0.4, 0.5) is 0 Å². The molecule has 17 heavy (non-hydrogen) atoms. The van der Waals surface area contributed by atoms with Crippen molar-refractivity contribution in [3.63, 3.8) is 0 Å². The zero-order valence-corrected chi connectivity index (χ0v) is 9.62. The molecule has 6 nitrogen and oxygen atoms in total. The fourth-order valence-electron chi connectivity index (χ4n) is 1.47. The SMILES string of the molecule is CC(=O)OCC1OC=CC(C=O)C1OC(C)=O. The summed E-state index contributed by atoms with van der Waals surface area (Å²) in [5.74, 6) is -1.57. The molecule has 3 atom stereocenters. The largest absolute Gasteiger partial charge is 0.491 e. The van der Waals surface area contributed by atoms with Gasteiger partial charge in [0.05, 0.1) is 12.2 Å². The predicted octanol–water partition coefficient (Wildman–Crippen LogP) is 0.209. The van der Waals surface area contributed by atoms with E-state index in [1.165, 1.54) is 26.2 Å². The van der Waals surface area contributed by atoms with Gasteiger partial charge in [-0.3, -0.25) is 9.59 Å². The highest BCUT2D eigenvalue weighted by atomic mass is 16.6. The Balaban J connectivity index is 2.71. The molecule has 1 heterocycles. The van der Waals surface area contributed by atoms with Crippen molar-refractivity contribution in [1.29, 1.82) is 0 Å². The maximum Gasteiger partial charge on any atom is 0.303 e. The zero-order valence-electron chi connectivity index (χ0n) is 9.62. The van der Waals surface area contributed by atoms with Gasteiger partial charge in [0, 0.05) is 13.8 Å². The lowest BCUT2D eigenvalue weighted by atomic mass is 9.97. The molecule has 0 saturated heterocycles. The van der Waals surface area contributed by atoms with Gasteiger partial charge >= 0.3 is 11.9 Å². The van der Waals surface area contributed by atoms with Crippen LogP contribution in [0.5, 0.6) is 0 Å². The van der Waals surface area contributed by atoms with Crippen LogP contribution in [0.3, 0.4) is 0 Å². The van der Waals surface area contributed by atoms with E-state index in [0.717, 1.165) is 0 Å². The maximum absolute atomic E-state index is 10.9. The average molecular weight is 242 g/mol. The molecule has 0 aromatic rings. The standard InChI is InChI=1S/C11H14O6/c1-7(13)16-6-10-11(17-8(2)14)9(5-12)3-4-15-10/h3-5,9-11H,6H2,1-2H3. The molecule has 0 saturated carbocycles. The second kappa shape index (κ2) is 6.03. The van der Waals surface area contributed by atoms with E-state index in [4.69, 9.17) is 14.2 Å². The number of hydrogen-bond acceptors (Lipinski definition) is 6. The zero-order chi connectivity index (χ0) is 12.8. The van der Waals surface area contributed by atoms with E-state index in [-0.39, 0.29) is 6.61 Å². The molecule has 0 fully saturated rings. The monoisotopic (exact) mass is 242 g/mol. The second-order valence-electron chi connectivity index (χ2n) is 3.59. The van der Waals surface area contributed by atoms with E-state index in [2.05, 4.69) is 0 Å². The van der Waals surface area contributed by atoms with Gasteiger partial charge in [0.2, 0.25) is 0 Å². The molecule has 1 rings (SSSR count). The topological polar surface area (TPSA) is 78.9 Å². The number of hydrogen-bond donors (Lipinski definition) is 0. The van der Waals surface area contributed by atoms with Crippen LogP contribution in [-0.4, -0.2) is 37.0 Å². The van der Waals surface area contributed by atoms with Gasteiger partial charge in [0.15, 0.2) is 12.2 Å². The summed E-state index contributed by atoms with van der Waals surface area (Å²) in [4.78, 5) is 32.5. The molecule has 0 amide bonds. The summed E-state index contributed by atoms with van der Waals surface area (Å²) in [6, 6.07) is 0. The van der Waals surface area contributed by atoms with Crippen LogP contribution < -0.4 is 0 Å². The lowest BCUT2D eigenvalue weighted by molar-refractivity contribution is -0.164. The summed E-state index contributed by atoms with van der Waals surface area (Å²) in [5.41, 5.74) is 0. The van der Waals surface area contributed by atoms with Gasteiger partial charge in [0.1, 0.15) is 12.9 Å². The van der Waals surface area contributed by atoms with Crippen LogP contribution in [-0.2, 0) is 28.6 Å². The second-order valence-corrected chi connectivity index (χ2v) is 3.59. The Morgan fingerprint density at radius 1 is 1.35 bits per heavy atom. The molecule has 94 valence electrons. The molecule has 6 heteroatoms. The van der Waals surface area contributed by atoms with E-state index in [9.17, 15) is 14.4 Å². The Hall–Kier alpha value is -1.85. The van der Waals surface area contributed by atoms with Crippen molar-refractivity contribution in [2.45, 2.75) is 26.1 Å². The summed E-state index contributed by atoms with van der Waals surface area (Å²) in [6.45, 7) is 2.43. The summed E-state index contributed by atoms with van der Waals surface area (Å²) in [6.07, 6.45) is 2.06. The first-order valence-corrected chi connectivity index (χ1v) is 5.12. The van der Waals surface area contributed by atoms with E-state index >= 15 is 0 Å². The lowest BCUT2D eigenvalue weighted by Gasteiger charge is -2.31. The molecule has 0 aromatic carbocycles. The quantitative estimate of drug-likeness (QED) is 0.518. The number of ether oxygens (including phenoxy) is 3. The minimum Gasteiger partial charge on any atom is -0.491 e. The molecular weight excluding hydrogens is 228 g/mol. The Morgan fingerprint density at radius 2 is 2.06 bits per heavy atom. The van der Waals surface area contributed by atoms with E-state index in [0.29, 0.717) is 6.29 Å². The molecule has 0 spiro atoms. The number of carbonyl (C=O) groups excluding carboxylic acids is 3. The molecule has 0 aliphatic carbocycles. The molecule has 1 aliphatic rings. The van der Waals surface area contributed by atoms with Gasteiger partial charge in [0.25, 0.3) is 0 Å². The molecule has 1 aliphatic heterocycles. The third-order valence-electron chi connectivity index (χ3n) is 2.21. The Kier molecular flexibility index (Phi) is 4.68. The summed E-state index contributed by atoms with van der Waals surface area (Å²) >= 11 is 0. The van der Waals surface area contributed by atoms with Gasteiger partial charge in [-0.15, -0.1) is 0 Å². The molecule has 3 unspecified atom stereocenters. The van der Waals surface area contributed by atoms with Gasteiger partial charge < -0.3 is 19.0 Å². The smallest absolute Gasteiger partial charge is 0.303 e. The number of esters is 2. The Bertz CT molecular complexity index is 335. The summed E-state index contributed by atoms with van der Waals surface area (Å²) in [5, 5.41) is 0. The first-order valence-electron chi connectivity index (χ1n) is 5.12. The van der Waals surface area contributed by atoms with Crippen molar-refractivity contribution in [3.8, 4) is 0 Å². The third kappa shape index (κ3) is 3.90. The first kappa shape index (κ1) is 13.2. The highest BCUT2D eigenvalue weighted by Gasteiger charge is 2.35. The molecule has 0 radical (unpaired) electrons. The Morgan fingerprint density at radius 3 is 2.59 bits per heavy atom. The van der Waals surface area contributed by atoms with Crippen LogP contribution in [0, 0.1) is 5.92 Å². The normalized spacial score (nSPS) is 26.8. The van der Waals surface area contributed by atoms with Crippen molar-refractivity contribution in [2.24, 2.45) is 5.92 Å². The van der Waals surface area contributed by atoms with Crippen molar-refractivity contribution in [2.75, 3.05) is 6.61 Å². The summed E-state index contributed by atoms with van der Waals surface area (Å²) in [7, 11) is 0. The third-order valence-corrected chi connectivity index (χ3v) is 2.21. The summed E-state index contributed by atoms with van der Waals surface area (Å²) < 4.78 is 15.0. The van der Waals surface area contributed by atoms with Gasteiger partial charge in [-0.2, -0.15) is 0 Å². The number of rotatable bonds is 4. The van der Waals surface area contributed by atoms with E-state index < -0.39 is 30.1 Å². The predicted molar refractivity (Wildman–Crippen MR) is 55.8 cm³/mol. The van der Waals surface area contributed by atoms with Crippen molar-refractivity contribution >= 4 is 18.2 Å². The van der Waals surface area contributed by atoms with Crippen LogP contribution in [0.25, 0.3) is 0 Å². The molecule has 0 N–H and O–H groups in total. The highest BCUT2D eigenvalue weighted by Crippen LogP contribution is 2.20. The average Bonchev–Trinajstić information content (AvgIpc) is 2.26. The minimum absolute atomic E-state index is 0.0675. The van der Waals surface area contributed by atoms with Crippen molar-refractivity contribution in [1.82, 2.24) is 0 Å². The molecule has 0 aromatic heterocycles. The Labute approximate surface area is 98.5 Å². The van der Waals surface area contributed by atoms with Crippen LogP contribution >= 0.6 is 0 Å². The lowest BCUT2D eigenvalue weighted by Crippen LogP contribution is -2.43. The molecule has 0 bridgehead atoms. The molecular formula is C11H14O6. The fourth-order valence-corrected chi connectivity index (χ4v) is 1.47. The fraction of sp³-hybridized carbons (Fsp3) is 0.545. The van der Waals surface area contributed by atoms with Gasteiger partial charge in [-0.1, -0.05) is 0 Å². The van der Waals surface area contributed by atoms with Gasteiger partial charge in [-0.05, 0) is 6.08 Å². The van der Waals surface area contributed by atoms with E-state index in [1.807, 2.05) is 0 Å². The number of carbonyl (C=O) groups is 3. The van der Waals surface area contributed by atoms with Crippen LogP contribution in [0.1, 0.15) is 13.8 Å². The number of aldehydes is 1. The highest BCUT2D eigenvalue weighted by molar-refractivity contribution is 5.68. The van der Waals surface area contributed by atoms with Crippen molar-refractivity contribution < 1.29 is 28.6 Å².